The molecule has 0 saturated carbocycles. The van der Waals surface area contributed by atoms with Crippen LogP contribution in [0.15, 0.2) is 24.3 Å². The van der Waals surface area contributed by atoms with Gasteiger partial charge in [0.15, 0.2) is 11.6 Å². The van der Waals surface area contributed by atoms with Gasteiger partial charge in [-0.05, 0) is 28.7 Å². The van der Waals surface area contributed by atoms with E-state index in [1.807, 2.05) is 24.3 Å². The average Bonchev–Trinajstić information content (AvgIpc) is 3.18. The predicted octanol–water partition coefficient (Wildman–Crippen LogP) is 3.86. The second kappa shape index (κ2) is 3.73. The fraction of sp³-hybridized carbons (Fsp3) is 0.250. The van der Waals surface area contributed by atoms with E-state index in [9.17, 15) is 9.50 Å². The number of halogens is 2. The van der Waals surface area contributed by atoms with Gasteiger partial charge in [0, 0.05) is 24.0 Å². The van der Waals surface area contributed by atoms with Crippen molar-refractivity contribution in [2.75, 3.05) is 0 Å². The number of fused-ring (bicyclic) bond motifs is 4. The van der Waals surface area contributed by atoms with Crippen molar-refractivity contribution < 1.29 is 9.50 Å². The third kappa shape index (κ3) is 1.53. The zero-order chi connectivity index (χ0) is 13.1. The number of alkyl halides is 1. The maximum atomic E-state index is 14.3. The number of hydrogen-bond donors (Lipinski definition) is 1. The minimum Gasteiger partial charge on any atom is -0.505 e. The van der Waals surface area contributed by atoms with Crippen LogP contribution >= 0.6 is 11.6 Å². The summed E-state index contributed by atoms with van der Waals surface area (Å²) in [4.78, 5) is 0. The van der Waals surface area contributed by atoms with E-state index < -0.39 is 5.82 Å². The first-order chi connectivity index (χ1) is 9.16. The highest BCUT2D eigenvalue weighted by molar-refractivity contribution is 6.21. The minimum absolute atomic E-state index is 0.169. The summed E-state index contributed by atoms with van der Waals surface area (Å²) < 4.78 is 14.3. The first-order valence-corrected chi connectivity index (χ1v) is 6.86. The fourth-order valence-corrected chi connectivity index (χ4v) is 3.59. The average molecular weight is 275 g/mol. The molecule has 0 radical (unpaired) electrons. The van der Waals surface area contributed by atoms with E-state index in [-0.39, 0.29) is 11.1 Å². The van der Waals surface area contributed by atoms with E-state index in [0.717, 1.165) is 28.7 Å². The monoisotopic (exact) mass is 274 g/mol. The molecule has 1 N–H and O–H groups in total. The summed E-state index contributed by atoms with van der Waals surface area (Å²) >= 11 is 6.49. The Bertz CT molecular complexity index is 708. The van der Waals surface area contributed by atoms with Crippen LogP contribution in [-0.4, -0.2) is 5.11 Å². The van der Waals surface area contributed by atoms with Gasteiger partial charge in [-0.15, -0.1) is 11.6 Å². The molecule has 19 heavy (non-hydrogen) atoms. The summed E-state index contributed by atoms with van der Waals surface area (Å²) in [7, 11) is 0. The van der Waals surface area contributed by atoms with Crippen LogP contribution in [0.3, 0.4) is 0 Å². The molecule has 0 fully saturated rings. The van der Waals surface area contributed by atoms with Crippen molar-refractivity contribution in [3.8, 4) is 5.75 Å². The Morgan fingerprint density at radius 2 is 1.79 bits per heavy atom. The number of benzene rings is 2. The maximum absolute atomic E-state index is 14.3. The number of aromatic hydroxyl groups is 1. The van der Waals surface area contributed by atoms with Crippen LogP contribution in [0.1, 0.15) is 38.8 Å². The predicted molar refractivity (Wildman–Crippen MR) is 72.4 cm³/mol. The molecule has 0 spiro atoms. The summed E-state index contributed by atoms with van der Waals surface area (Å²) in [6.45, 7) is 0. The summed E-state index contributed by atoms with van der Waals surface area (Å²) in [6.07, 6.45) is 1.92. The Morgan fingerprint density at radius 1 is 1.05 bits per heavy atom. The molecule has 0 aromatic heterocycles. The van der Waals surface area contributed by atoms with Crippen molar-refractivity contribution in [1.29, 1.82) is 0 Å². The minimum atomic E-state index is -0.478. The van der Waals surface area contributed by atoms with Crippen molar-refractivity contribution in [3.63, 3.8) is 0 Å². The lowest BCUT2D eigenvalue weighted by atomic mass is 9.99. The van der Waals surface area contributed by atoms with Crippen LogP contribution in [0.4, 0.5) is 4.39 Å². The molecular formula is C16H12ClFO. The van der Waals surface area contributed by atoms with Crippen molar-refractivity contribution >= 4 is 11.6 Å². The number of rotatable bonds is 0. The van der Waals surface area contributed by atoms with Gasteiger partial charge in [-0.25, -0.2) is 4.39 Å². The molecule has 0 amide bonds. The van der Waals surface area contributed by atoms with Crippen LogP contribution in [0.25, 0.3) is 0 Å². The molecule has 1 unspecified atom stereocenters. The molecule has 0 bridgehead atoms. The summed E-state index contributed by atoms with van der Waals surface area (Å²) in [5.74, 6) is -0.648. The number of phenolic OH excluding ortho intramolecular Hbond substituents is 1. The van der Waals surface area contributed by atoms with Crippen molar-refractivity contribution in [3.05, 3.63) is 63.5 Å². The van der Waals surface area contributed by atoms with Crippen LogP contribution in [0.2, 0.25) is 0 Å². The molecule has 4 rings (SSSR count). The fourth-order valence-electron chi connectivity index (χ4n) is 3.16. The molecule has 2 aliphatic rings. The smallest absolute Gasteiger partial charge is 0.168 e. The van der Waals surface area contributed by atoms with Crippen molar-refractivity contribution in [2.45, 2.75) is 24.6 Å². The Kier molecular flexibility index (Phi) is 2.22. The van der Waals surface area contributed by atoms with E-state index in [2.05, 4.69) is 0 Å². The van der Waals surface area contributed by atoms with Gasteiger partial charge in [0.1, 0.15) is 0 Å². The van der Waals surface area contributed by atoms with E-state index in [1.165, 1.54) is 5.56 Å². The first-order valence-electron chi connectivity index (χ1n) is 6.42. The lowest BCUT2D eigenvalue weighted by Gasteiger charge is -2.12. The largest absolute Gasteiger partial charge is 0.505 e. The van der Waals surface area contributed by atoms with Gasteiger partial charge in [-0.3, -0.25) is 0 Å². The van der Waals surface area contributed by atoms with Crippen LogP contribution in [0.5, 0.6) is 5.75 Å². The highest BCUT2D eigenvalue weighted by atomic mass is 35.5. The molecular weight excluding hydrogens is 263 g/mol. The Balaban J connectivity index is 1.98. The van der Waals surface area contributed by atoms with Gasteiger partial charge in [0.05, 0.1) is 5.38 Å². The van der Waals surface area contributed by atoms with Crippen LogP contribution < -0.4 is 0 Å². The van der Waals surface area contributed by atoms with Crippen LogP contribution in [0, 0.1) is 5.82 Å². The van der Waals surface area contributed by atoms with Crippen molar-refractivity contribution in [1.82, 2.24) is 0 Å². The first kappa shape index (κ1) is 11.3. The van der Waals surface area contributed by atoms with Crippen LogP contribution in [-0.2, 0) is 19.3 Å². The summed E-state index contributed by atoms with van der Waals surface area (Å²) in [5.41, 5.74) is 5.58. The highest BCUT2D eigenvalue weighted by Crippen LogP contribution is 2.49. The van der Waals surface area contributed by atoms with Gasteiger partial charge < -0.3 is 5.11 Å². The molecule has 2 aromatic carbocycles. The molecule has 96 valence electrons. The maximum Gasteiger partial charge on any atom is 0.168 e. The molecule has 3 heteroatoms. The normalized spacial score (nSPS) is 19.2. The molecule has 0 heterocycles. The molecule has 0 saturated heterocycles. The molecule has 2 aliphatic carbocycles. The highest BCUT2D eigenvalue weighted by Gasteiger charge is 2.36. The van der Waals surface area contributed by atoms with Gasteiger partial charge >= 0.3 is 0 Å². The summed E-state index contributed by atoms with van der Waals surface area (Å²) in [6, 6.07) is 8.00. The zero-order valence-electron chi connectivity index (χ0n) is 10.2. The number of phenols is 1. The molecule has 1 atom stereocenters. The molecule has 2 aromatic rings. The SMILES string of the molecule is Oc1c(F)c2c(c3c1C3)C(Cl)Cc1ccccc1C2. The summed E-state index contributed by atoms with van der Waals surface area (Å²) in [5, 5.41) is 9.62. The third-order valence-corrected chi connectivity index (χ3v) is 4.57. The van der Waals surface area contributed by atoms with E-state index >= 15 is 0 Å². The van der Waals surface area contributed by atoms with E-state index in [0.29, 0.717) is 18.4 Å². The lowest BCUT2D eigenvalue weighted by Crippen LogP contribution is -1.99. The lowest BCUT2D eigenvalue weighted by molar-refractivity contribution is 0.428. The molecule has 0 aliphatic heterocycles. The Hall–Kier alpha value is -1.54. The zero-order valence-corrected chi connectivity index (χ0v) is 11.0. The topological polar surface area (TPSA) is 20.2 Å². The Labute approximate surface area is 115 Å². The quantitative estimate of drug-likeness (QED) is 0.617. The number of hydrogen-bond acceptors (Lipinski definition) is 1. The van der Waals surface area contributed by atoms with Gasteiger partial charge in [0.2, 0.25) is 0 Å². The second-order valence-corrected chi connectivity index (χ2v) is 5.83. The van der Waals surface area contributed by atoms with Gasteiger partial charge in [-0.2, -0.15) is 0 Å². The molecule has 1 nitrogen and oxygen atoms in total. The second-order valence-electron chi connectivity index (χ2n) is 5.31. The standard InChI is InChI=1S/C16H12ClFO/c17-13-6-9-4-2-1-3-8(9)5-12-14(13)10-7-11(10)16(19)15(12)18/h1-4,13,19H,5-7H2. The van der Waals surface area contributed by atoms with E-state index in [4.69, 9.17) is 11.6 Å². The van der Waals surface area contributed by atoms with Gasteiger partial charge in [-0.1, -0.05) is 24.3 Å². The third-order valence-electron chi connectivity index (χ3n) is 4.20. The van der Waals surface area contributed by atoms with Crippen molar-refractivity contribution in [2.24, 2.45) is 0 Å². The van der Waals surface area contributed by atoms with E-state index in [1.54, 1.807) is 0 Å². The van der Waals surface area contributed by atoms with Gasteiger partial charge in [0.25, 0.3) is 0 Å². The Morgan fingerprint density at radius 3 is 2.58 bits per heavy atom.